The Hall–Kier alpha value is -1.90. The number of rotatable bonds is 2. The first-order chi connectivity index (χ1) is 12.5. The number of aromatic nitrogens is 2. The van der Waals surface area contributed by atoms with Crippen LogP contribution in [0.2, 0.25) is 0 Å². The Morgan fingerprint density at radius 1 is 1.31 bits per heavy atom. The second-order valence-corrected chi connectivity index (χ2v) is 9.04. The van der Waals surface area contributed by atoms with Crippen molar-refractivity contribution in [2.45, 2.75) is 45.1 Å². The maximum Gasteiger partial charge on any atom is 0.113 e. The number of nitriles is 1. The Balaban J connectivity index is 1.66. The predicted molar refractivity (Wildman–Crippen MR) is 100.0 cm³/mol. The molecule has 26 heavy (non-hydrogen) atoms. The summed E-state index contributed by atoms with van der Waals surface area (Å²) in [5.41, 5.74) is 3.32. The molecule has 3 heterocycles. The number of hydrogen-bond donors (Lipinski definition) is 1. The molecule has 2 aromatic rings. The second kappa shape index (κ2) is 5.55. The molecule has 0 radical (unpaired) electrons. The highest BCUT2D eigenvalue weighted by Gasteiger charge is 2.57. The van der Waals surface area contributed by atoms with Crippen molar-refractivity contribution in [3.63, 3.8) is 0 Å². The van der Waals surface area contributed by atoms with Gasteiger partial charge in [0, 0.05) is 11.3 Å². The summed E-state index contributed by atoms with van der Waals surface area (Å²) in [7, 11) is 0. The first-order valence-electron chi connectivity index (χ1n) is 9.75. The van der Waals surface area contributed by atoms with Crippen LogP contribution in [-0.2, 0) is 4.74 Å². The van der Waals surface area contributed by atoms with Gasteiger partial charge in [0.1, 0.15) is 5.82 Å². The highest BCUT2D eigenvalue weighted by Crippen LogP contribution is 2.64. The molecular formula is C21H26N4O. The van der Waals surface area contributed by atoms with Gasteiger partial charge in [-0.3, -0.25) is 0 Å². The molecule has 1 aliphatic carbocycles. The van der Waals surface area contributed by atoms with Gasteiger partial charge in [0.15, 0.2) is 0 Å². The van der Waals surface area contributed by atoms with Crippen molar-refractivity contribution in [2.24, 2.45) is 10.8 Å². The third-order valence-electron chi connectivity index (χ3n) is 6.91. The molecule has 5 rings (SSSR count). The largest absolute Gasteiger partial charge is 0.379 e. The normalized spacial score (nSPS) is 29.1. The lowest BCUT2D eigenvalue weighted by Crippen LogP contribution is -2.30. The lowest BCUT2D eigenvalue weighted by molar-refractivity contribution is 0.166. The van der Waals surface area contributed by atoms with E-state index in [1.807, 2.05) is 18.2 Å². The molecule has 1 aromatic carbocycles. The first-order valence-corrected chi connectivity index (χ1v) is 9.75. The van der Waals surface area contributed by atoms with Gasteiger partial charge in [-0.05, 0) is 56.0 Å². The monoisotopic (exact) mass is 350 g/mol. The lowest BCUT2D eigenvalue weighted by atomic mass is 9.87. The molecular weight excluding hydrogens is 324 g/mol. The van der Waals surface area contributed by atoms with Gasteiger partial charge in [-0.1, -0.05) is 13.8 Å². The number of hydrogen-bond acceptors (Lipinski definition) is 4. The standard InChI is InChI=1S/C21H26N4O/c1-20(2)13-26-12-18(20)25-17-9-14(11-22)3-4-16(17)24-19(25)15-10-21(15)5-7-23-8-6-21/h3-4,9,15,18,23H,5-8,10,12-13H2,1-2H3/t15-,18+/m0/s1. The minimum Gasteiger partial charge on any atom is -0.379 e. The Kier molecular flexibility index (Phi) is 3.47. The van der Waals surface area contributed by atoms with Gasteiger partial charge < -0.3 is 14.6 Å². The third kappa shape index (κ3) is 2.32. The zero-order valence-electron chi connectivity index (χ0n) is 15.6. The van der Waals surface area contributed by atoms with E-state index >= 15 is 0 Å². The van der Waals surface area contributed by atoms with Crippen LogP contribution in [0.15, 0.2) is 18.2 Å². The molecule has 0 unspecified atom stereocenters. The van der Waals surface area contributed by atoms with Crippen molar-refractivity contribution in [3.8, 4) is 6.07 Å². The van der Waals surface area contributed by atoms with Crippen LogP contribution < -0.4 is 5.32 Å². The van der Waals surface area contributed by atoms with Crippen molar-refractivity contribution < 1.29 is 4.74 Å². The van der Waals surface area contributed by atoms with E-state index in [1.165, 1.54) is 25.1 Å². The quantitative estimate of drug-likeness (QED) is 0.902. The molecule has 5 heteroatoms. The molecule has 5 nitrogen and oxygen atoms in total. The predicted octanol–water partition coefficient (Wildman–Crippen LogP) is 3.36. The number of imidazole rings is 1. The van der Waals surface area contributed by atoms with Crippen LogP contribution in [-0.4, -0.2) is 35.9 Å². The molecule has 2 atom stereocenters. The Morgan fingerprint density at radius 2 is 2.12 bits per heavy atom. The van der Waals surface area contributed by atoms with Crippen molar-refractivity contribution >= 4 is 11.0 Å². The van der Waals surface area contributed by atoms with Gasteiger partial charge in [0.2, 0.25) is 0 Å². The molecule has 3 fully saturated rings. The van der Waals surface area contributed by atoms with Crippen LogP contribution in [0.25, 0.3) is 11.0 Å². The van der Waals surface area contributed by atoms with Crippen molar-refractivity contribution in [1.29, 1.82) is 5.26 Å². The molecule has 0 bridgehead atoms. The molecule has 1 N–H and O–H groups in total. The van der Waals surface area contributed by atoms with Crippen LogP contribution in [0.3, 0.4) is 0 Å². The van der Waals surface area contributed by atoms with Gasteiger partial charge >= 0.3 is 0 Å². The summed E-state index contributed by atoms with van der Waals surface area (Å²) in [4.78, 5) is 5.09. The summed E-state index contributed by atoms with van der Waals surface area (Å²) in [5, 5.41) is 12.9. The summed E-state index contributed by atoms with van der Waals surface area (Å²) >= 11 is 0. The van der Waals surface area contributed by atoms with E-state index < -0.39 is 0 Å². The van der Waals surface area contributed by atoms with Crippen LogP contribution >= 0.6 is 0 Å². The smallest absolute Gasteiger partial charge is 0.113 e. The fourth-order valence-electron chi connectivity index (χ4n) is 5.12. The fourth-order valence-corrected chi connectivity index (χ4v) is 5.12. The SMILES string of the molecule is CC1(C)COC[C@H]1n1c([C@@H]2CC23CCNCC3)nc2ccc(C#N)cc21. The number of nitrogens with zero attached hydrogens (tertiary/aromatic N) is 3. The molecule has 1 saturated carbocycles. The second-order valence-electron chi connectivity index (χ2n) is 9.04. The van der Waals surface area contributed by atoms with Crippen LogP contribution in [0.5, 0.6) is 0 Å². The van der Waals surface area contributed by atoms with E-state index in [2.05, 4.69) is 29.8 Å². The molecule has 1 spiro atoms. The van der Waals surface area contributed by atoms with E-state index in [4.69, 9.17) is 9.72 Å². The van der Waals surface area contributed by atoms with Crippen molar-refractivity contribution in [1.82, 2.24) is 14.9 Å². The Bertz CT molecular complexity index is 901. The van der Waals surface area contributed by atoms with Crippen molar-refractivity contribution in [2.75, 3.05) is 26.3 Å². The number of nitrogens with one attached hydrogen (secondary N) is 1. The summed E-state index contributed by atoms with van der Waals surface area (Å²) in [6.07, 6.45) is 3.74. The van der Waals surface area contributed by atoms with E-state index in [-0.39, 0.29) is 11.5 Å². The van der Waals surface area contributed by atoms with Gasteiger partial charge in [0.05, 0.1) is 41.9 Å². The number of fused-ring (bicyclic) bond motifs is 1. The van der Waals surface area contributed by atoms with Gasteiger partial charge in [-0.2, -0.15) is 5.26 Å². The maximum absolute atomic E-state index is 9.37. The van der Waals surface area contributed by atoms with E-state index in [0.717, 1.165) is 37.3 Å². The van der Waals surface area contributed by atoms with Crippen LogP contribution in [0, 0.1) is 22.2 Å². The highest BCUT2D eigenvalue weighted by atomic mass is 16.5. The van der Waals surface area contributed by atoms with E-state index in [9.17, 15) is 5.26 Å². The molecule has 0 amide bonds. The molecule has 136 valence electrons. The number of benzene rings is 1. The lowest BCUT2D eigenvalue weighted by Gasteiger charge is -2.29. The maximum atomic E-state index is 9.37. The van der Waals surface area contributed by atoms with Crippen LogP contribution in [0.4, 0.5) is 0 Å². The topological polar surface area (TPSA) is 62.9 Å². The number of piperidine rings is 1. The Labute approximate surface area is 154 Å². The average molecular weight is 350 g/mol. The first kappa shape index (κ1) is 16.3. The minimum absolute atomic E-state index is 0.0706. The zero-order chi connectivity index (χ0) is 17.9. The summed E-state index contributed by atoms with van der Waals surface area (Å²) < 4.78 is 8.31. The summed E-state index contributed by atoms with van der Waals surface area (Å²) in [6.45, 7) is 8.29. The zero-order valence-corrected chi connectivity index (χ0v) is 15.6. The fraction of sp³-hybridized carbons (Fsp3) is 0.619. The third-order valence-corrected chi connectivity index (χ3v) is 6.91. The van der Waals surface area contributed by atoms with Gasteiger partial charge in [-0.15, -0.1) is 0 Å². The minimum atomic E-state index is 0.0706. The molecule has 2 aliphatic heterocycles. The number of ether oxygens (including phenoxy) is 1. The highest BCUT2D eigenvalue weighted by molar-refractivity contribution is 5.78. The average Bonchev–Trinajstić information content (AvgIpc) is 3.01. The van der Waals surface area contributed by atoms with E-state index in [1.54, 1.807) is 0 Å². The summed E-state index contributed by atoms with van der Waals surface area (Å²) in [5.74, 6) is 1.76. The molecule has 1 aromatic heterocycles. The Morgan fingerprint density at radius 3 is 2.81 bits per heavy atom. The summed E-state index contributed by atoms with van der Waals surface area (Å²) in [6, 6.07) is 8.46. The van der Waals surface area contributed by atoms with Gasteiger partial charge in [-0.25, -0.2) is 4.98 Å². The molecule has 3 aliphatic rings. The van der Waals surface area contributed by atoms with E-state index in [0.29, 0.717) is 16.9 Å². The molecule has 2 saturated heterocycles. The van der Waals surface area contributed by atoms with Crippen LogP contribution in [0.1, 0.15) is 56.5 Å². The van der Waals surface area contributed by atoms with Gasteiger partial charge in [0.25, 0.3) is 0 Å². The van der Waals surface area contributed by atoms with Crippen molar-refractivity contribution in [3.05, 3.63) is 29.6 Å².